The van der Waals surface area contributed by atoms with E-state index in [1.54, 1.807) is 0 Å². The molecule has 0 N–H and O–H groups in total. The first-order chi connectivity index (χ1) is 18.0. The first-order valence-corrected chi connectivity index (χ1v) is 40.8. The van der Waals surface area contributed by atoms with Gasteiger partial charge in [0, 0.05) is 0 Å². The minimum atomic E-state index is -1.80. The van der Waals surface area contributed by atoms with Crippen molar-refractivity contribution < 1.29 is 0 Å². The normalized spacial score (nSPS) is 16.3. The summed E-state index contributed by atoms with van der Waals surface area (Å²) in [5.41, 5.74) is 0. The van der Waals surface area contributed by atoms with Crippen molar-refractivity contribution in [3.8, 4) is 0 Å². The second-order valence-electron chi connectivity index (χ2n) is 23.4. The first kappa shape index (κ1) is 44.8. The van der Waals surface area contributed by atoms with Gasteiger partial charge in [-0.3, -0.25) is 0 Å². The van der Waals surface area contributed by atoms with Crippen LogP contribution in [0, 0.1) is 0 Å². The third kappa shape index (κ3) is 7.40. The summed E-state index contributed by atoms with van der Waals surface area (Å²) < 4.78 is 0. The minimum absolute atomic E-state index is 0.162. The molecular formula is C36H84GeSi6. The molecule has 0 atom stereocenters. The maximum absolute atomic E-state index is 2.99. The van der Waals surface area contributed by atoms with Crippen LogP contribution in [0.5, 0.6) is 0 Å². The second kappa shape index (κ2) is 12.3. The van der Waals surface area contributed by atoms with E-state index in [4.69, 9.17) is 0 Å². The Morgan fingerprint density at radius 3 is 0.419 bits per heavy atom. The Bertz CT molecular complexity index is 848. The predicted octanol–water partition coefficient (Wildman–Crippen LogP) is 13.7. The molecule has 0 aromatic rings. The fourth-order valence-corrected chi connectivity index (χ4v) is 274. The van der Waals surface area contributed by atoms with Crippen LogP contribution in [-0.4, -0.2) is 55.3 Å². The van der Waals surface area contributed by atoms with Crippen LogP contribution >= 0.6 is 0 Å². The molecule has 43 heavy (non-hydrogen) atoms. The molecule has 7 heteroatoms. The van der Waals surface area contributed by atoms with E-state index in [9.17, 15) is 0 Å². The van der Waals surface area contributed by atoms with Gasteiger partial charge in [-0.15, -0.1) is 0 Å². The van der Waals surface area contributed by atoms with E-state index in [1.807, 2.05) is 0 Å². The summed E-state index contributed by atoms with van der Waals surface area (Å²) in [7, 11) is -7.22. The summed E-state index contributed by atoms with van der Waals surface area (Å²) in [6.45, 7) is 77.0. The van der Waals surface area contributed by atoms with E-state index in [1.165, 1.54) is 0 Å². The predicted molar refractivity (Wildman–Crippen MR) is 221 cm³/mol. The fraction of sp³-hybridized carbons (Fsp3) is 1.00. The van der Waals surface area contributed by atoms with Crippen molar-refractivity contribution in [2.24, 2.45) is 0 Å². The molecule has 0 rings (SSSR count). The summed E-state index contributed by atoms with van der Waals surface area (Å²) >= 11 is -0.162. The zero-order chi connectivity index (χ0) is 35.9. The monoisotopic (exact) mass is 758 g/mol. The fourth-order valence-electron chi connectivity index (χ4n) is 9.12. The van der Waals surface area contributed by atoms with Crippen LogP contribution in [0.3, 0.4) is 0 Å². The van der Waals surface area contributed by atoms with Gasteiger partial charge in [0.1, 0.15) is 0 Å². The molecule has 0 saturated heterocycles. The molecule has 0 aliphatic rings. The Balaban J connectivity index is 10.1. The van der Waals surface area contributed by atoms with Gasteiger partial charge in [0.25, 0.3) is 0 Å². The van der Waals surface area contributed by atoms with Crippen molar-refractivity contribution in [3.63, 3.8) is 0 Å². The zero-order valence-electron chi connectivity index (χ0n) is 35.5. The molecule has 256 valence electrons. The Morgan fingerprint density at radius 2 is 0.349 bits per heavy atom. The summed E-state index contributed by atoms with van der Waals surface area (Å²) in [6.07, 6.45) is 0. The van der Waals surface area contributed by atoms with Crippen LogP contribution < -0.4 is 0 Å². The van der Waals surface area contributed by atoms with E-state index in [0.717, 1.165) is 0 Å². The molecule has 0 heterocycles. The third-order valence-corrected chi connectivity index (χ3v) is 163. The van der Waals surface area contributed by atoms with Gasteiger partial charge in [0.05, 0.1) is 0 Å². The molecule has 0 nitrogen and oxygen atoms in total. The number of hydrogen-bond acceptors (Lipinski definition) is 0. The van der Waals surface area contributed by atoms with Crippen LogP contribution in [0.15, 0.2) is 0 Å². The van der Waals surface area contributed by atoms with Gasteiger partial charge < -0.3 is 0 Å². The van der Waals surface area contributed by atoms with E-state index in [2.05, 4.69) is 192 Å². The molecule has 0 fully saturated rings. The molecule has 0 saturated carbocycles. The topological polar surface area (TPSA) is 0 Å². The average Bonchev–Trinajstić information content (AvgIpc) is 2.65. The SMILES string of the molecule is CC(C)(C)[Si](C)([Si](=[Ge]=[Si]([Si](C)(C(C)(C)C)C(C)(C)C)[Si](C)(C(C)(C)C)C(C)(C)C)[Si](C)(C(C)(C)C)C(C)(C)C)C(C)(C)C. The average molecular weight is 758 g/mol. The number of hydrogen-bond donors (Lipinski definition) is 0. The van der Waals surface area contributed by atoms with Crippen LogP contribution in [-0.2, 0) is 0 Å². The Morgan fingerprint density at radius 1 is 0.256 bits per heavy atom. The molecule has 0 aliphatic heterocycles. The number of rotatable bonds is 4. The standard InChI is InChI=1S/C36H84GeSi6/c1-29(2,3)40(25,30(4,5)6)38(41(26,31(7,8)9)32(10,11)12)37-39(42(27,33(13,14)15)34(16,17)18)43(28,35(19,20)21)36(22,23)24/h1-28H3. The van der Waals surface area contributed by atoms with E-state index in [-0.39, 0.29) is 13.1 Å². The molecule has 0 aromatic heterocycles. The van der Waals surface area contributed by atoms with Crippen molar-refractivity contribution in [2.75, 3.05) is 0 Å². The van der Waals surface area contributed by atoms with Gasteiger partial charge in [-0.05, 0) is 0 Å². The first-order valence-electron chi connectivity index (χ1n) is 17.5. The van der Waals surface area contributed by atoms with Gasteiger partial charge in [-0.25, -0.2) is 0 Å². The Labute approximate surface area is 286 Å². The maximum atomic E-state index is 2.99. The molecule has 0 amide bonds. The van der Waals surface area contributed by atoms with Gasteiger partial charge in [-0.1, -0.05) is 0 Å². The summed E-state index contributed by atoms with van der Waals surface area (Å²) in [4.78, 5) is 0. The van der Waals surface area contributed by atoms with Crippen molar-refractivity contribution in [3.05, 3.63) is 0 Å². The van der Waals surface area contributed by atoms with E-state index < -0.39 is 42.2 Å². The molecule has 0 radical (unpaired) electrons. The van der Waals surface area contributed by atoms with Crippen LogP contribution in [0.2, 0.25) is 66.5 Å². The quantitative estimate of drug-likeness (QED) is 0.251. The molecule has 0 bridgehead atoms. The van der Waals surface area contributed by atoms with Crippen LogP contribution in [0.1, 0.15) is 166 Å². The molecule has 0 spiro atoms. The molecular weight excluding hydrogens is 674 g/mol. The molecule has 0 aliphatic carbocycles. The van der Waals surface area contributed by atoms with E-state index in [0.29, 0.717) is 40.3 Å². The van der Waals surface area contributed by atoms with E-state index >= 15 is 0 Å². The van der Waals surface area contributed by atoms with Gasteiger partial charge in [-0.2, -0.15) is 0 Å². The zero-order valence-corrected chi connectivity index (χ0v) is 43.6. The van der Waals surface area contributed by atoms with Crippen molar-refractivity contribution in [1.82, 2.24) is 0 Å². The Hall–Kier alpha value is 1.84. The third-order valence-electron chi connectivity index (χ3n) is 14.2. The Kier molecular flexibility index (Phi) is 12.8. The van der Waals surface area contributed by atoms with Crippen molar-refractivity contribution >= 4 is 55.3 Å². The van der Waals surface area contributed by atoms with Crippen LogP contribution in [0.25, 0.3) is 0 Å². The summed E-state index contributed by atoms with van der Waals surface area (Å²) in [5, 5.41) is 3.25. The molecule has 0 aromatic carbocycles. The molecule has 0 unspecified atom stereocenters. The van der Waals surface area contributed by atoms with Crippen molar-refractivity contribution in [2.45, 2.75) is 233 Å². The summed E-state index contributed by atoms with van der Waals surface area (Å²) in [6, 6.07) is 0. The van der Waals surface area contributed by atoms with Crippen molar-refractivity contribution in [1.29, 1.82) is 0 Å². The van der Waals surface area contributed by atoms with Gasteiger partial charge in [0.2, 0.25) is 0 Å². The second-order valence-corrected chi connectivity index (χ2v) is 91.5. The van der Waals surface area contributed by atoms with Crippen LogP contribution in [0.4, 0.5) is 0 Å². The van der Waals surface area contributed by atoms with Gasteiger partial charge >= 0.3 is 288 Å². The van der Waals surface area contributed by atoms with Gasteiger partial charge in [0.15, 0.2) is 0 Å². The summed E-state index contributed by atoms with van der Waals surface area (Å²) in [5.74, 6) is -1.26.